The molecule has 0 saturated carbocycles. The van der Waals surface area contributed by atoms with Crippen LogP contribution in [0.4, 0.5) is 0 Å². The van der Waals surface area contributed by atoms with Gasteiger partial charge in [0.05, 0.1) is 21.7 Å². The van der Waals surface area contributed by atoms with E-state index in [4.69, 9.17) is 25.7 Å². The molecule has 0 amide bonds. The molecule has 6 aromatic carbocycles. The van der Waals surface area contributed by atoms with Crippen molar-refractivity contribution in [1.82, 2.24) is 9.55 Å². The smallest absolute Gasteiger partial charge is 0.154 e. The van der Waals surface area contributed by atoms with Crippen molar-refractivity contribution in [1.29, 1.82) is 0 Å². The molecular weight excluding hydrogens is 636 g/mol. The second kappa shape index (κ2) is 11.9. The van der Waals surface area contributed by atoms with Crippen LogP contribution in [0.1, 0.15) is 52.7 Å². The van der Waals surface area contributed by atoms with E-state index in [1.165, 1.54) is 5.56 Å². The van der Waals surface area contributed by atoms with Crippen LogP contribution >= 0.6 is 11.6 Å². The van der Waals surface area contributed by atoms with Gasteiger partial charge in [-0.3, -0.25) is 4.57 Å². The molecule has 4 nitrogen and oxygen atoms in total. The van der Waals surface area contributed by atoms with Gasteiger partial charge in [-0.05, 0) is 82.1 Å². The van der Waals surface area contributed by atoms with Gasteiger partial charge in [0.25, 0.3) is 0 Å². The van der Waals surface area contributed by atoms with E-state index in [2.05, 4.69) is 131 Å². The molecule has 0 aliphatic rings. The van der Waals surface area contributed by atoms with Gasteiger partial charge >= 0.3 is 0 Å². The summed E-state index contributed by atoms with van der Waals surface area (Å²) in [5, 5.41) is 2.43. The molecule has 50 heavy (non-hydrogen) atoms. The molecule has 0 unspecified atom stereocenters. The molecule has 0 aliphatic heterocycles. The van der Waals surface area contributed by atoms with Crippen molar-refractivity contribution in [2.45, 2.75) is 52.4 Å². The lowest BCUT2D eigenvalue weighted by Gasteiger charge is -2.24. The Labute approximate surface area is 297 Å². The Morgan fingerprint density at radius 2 is 1.32 bits per heavy atom. The van der Waals surface area contributed by atoms with Crippen LogP contribution in [-0.4, -0.2) is 9.55 Å². The summed E-state index contributed by atoms with van der Waals surface area (Å²) in [5.74, 6) is 2.20. The van der Waals surface area contributed by atoms with Crippen molar-refractivity contribution in [3.8, 4) is 39.7 Å². The standard InChI is InChI=1S/C45H39ClN2O2/c1-44(2,3)30-20-21-39(35(25-30)28-14-8-7-9-15-28)48-40-18-12-11-17-38(40)47-43(48)29-22-31(45(4,5)6)24-32(23-29)49-33-26-36-34-16-10-13-19-41(34)50-42(36)37(46)27-33/h7-27H,1-6H3. The van der Waals surface area contributed by atoms with E-state index in [0.717, 1.165) is 61.2 Å². The van der Waals surface area contributed by atoms with Gasteiger partial charge in [0.15, 0.2) is 5.58 Å². The normalized spacial score (nSPS) is 12.3. The van der Waals surface area contributed by atoms with E-state index in [1.807, 2.05) is 42.5 Å². The third-order valence-electron chi connectivity index (χ3n) is 9.42. The maximum atomic E-state index is 6.78. The molecule has 0 spiro atoms. The van der Waals surface area contributed by atoms with E-state index < -0.39 is 0 Å². The Morgan fingerprint density at radius 3 is 2.10 bits per heavy atom. The van der Waals surface area contributed by atoms with Crippen molar-refractivity contribution >= 4 is 44.6 Å². The fourth-order valence-electron chi connectivity index (χ4n) is 6.69. The van der Waals surface area contributed by atoms with Crippen LogP contribution in [0.15, 0.2) is 132 Å². The Hall–Kier alpha value is -5.32. The lowest BCUT2D eigenvalue weighted by atomic mass is 9.84. The molecule has 5 heteroatoms. The van der Waals surface area contributed by atoms with Crippen LogP contribution in [-0.2, 0) is 10.8 Å². The quantitative estimate of drug-likeness (QED) is 0.182. The first-order valence-electron chi connectivity index (χ1n) is 17.1. The van der Waals surface area contributed by atoms with Crippen molar-refractivity contribution in [2.24, 2.45) is 0 Å². The highest BCUT2D eigenvalue weighted by Crippen LogP contribution is 2.42. The molecule has 0 aliphatic carbocycles. The third-order valence-corrected chi connectivity index (χ3v) is 9.70. The first kappa shape index (κ1) is 31.9. The monoisotopic (exact) mass is 674 g/mol. The molecule has 2 aromatic heterocycles. The minimum absolute atomic E-state index is 0.0101. The summed E-state index contributed by atoms with van der Waals surface area (Å²) in [4.78, 5) is 5.29. The van der Waals surface area contributed by atoms with Crippen LogP contribution in [0.2, 0.25) is 5.02 Å². The molecule has 0 atom stereocenters. The zero-order valence-electron chi connectivity index (χ0n) is 29.2. The predicted molar refractivity (Wildman–Crippen MR) is 208 cm³/mol. The Morgan fingerprint density at radius 1 is 0.620 bits per heavy atom. The summed E-state index contributed by atoms with van der Waals surface area (Å²) < 4.78 is 15.1. The molecule has 0 radical (unpaired) electrons. The van der Waals surface area contributed by atoms with Crippen molar-refractivity contribution in [3.05, 3.63) is 144 Å². The summed E-state index contributed by atoms with van der Waals surface area (Å²) in [5.41, 5.74) is 10.0. The molecule has 0 saturated heterocycles. The number of furan rings is 1. The van der Waals surface area contributed by atoms with Crippen molar-refractivity contribution in [3.63, 3.8) is 0 Å². The van der Waals surface area contributed by atoms with Crippen molar-refractivity contribution < 1.29 is 9.15 Å². The number of nitrogens with zero attached hydrogens (tertiary/aromatic N) is 2. The molecule has 248 valence electrons. The largest absolute Gasteiger partial charge is 0.457 e. The lowest BCUT2D eigenvalue weighted by molar-refractivity contribution is 0.479. The molecule has 8 rings (SSSR count). The fraction of sp³-hybridized carbons (Fsp3) is 0.178. The Bertz CT molecular complexity index is 2550. The van der Waals surface area contributed by atoms with E-state index in [-0.39, 0.29) is 10.8 Å². The highest BCUT2D eigenvalue weighted by molar-refractivity contribution is 6.36. The topological polar surface area (TPSA) is 40.2 Å². The zero-order valence-corrected chi connectivity index (χ0v) is 30.0. The third kappa shape index (κ3) is 5.74. The minimum atomic E-state index is -0.156. The summed E-state index contributed by atoms with van der Waals surface area (Å²) >= 11 is 6.78. The average Bonchev–Trinajstić information content (AvgIpc) is 3.67. The maximum Gasteiger partial charge on any atom is 0.154 e. The van der Waals surface area contributed by atoms with Gasteiger partial charge in [-0.15, -0.1) is 0 Å². The summed E-state index contributed by atoms with van der Waals surface area (Å²) in [6, 6.07) is 44.1. The highest BCUT2D eigenvalue weighted by atomic mass is 35.5. The highest BCUT2D eigenvalue weighted by Gasteiger charge is 2.24. The number of aromatic nitrogens is 2. The van der Waals surface area contributed by atoms with Gasteiger partial charge in [-0.25, -0.2) is 4.98 Å². The number of para-hydroxylation sites is 3. The molecule has 0 fully saturated rings. The summed E-state index contributed by atoms with van der Waals surface area (Å²) in [7, 11) is 0. The van der Waals surface area contributed by atoms with Gasteiger partial charge in [0.2, 0.25) is 0 Å². The summed E-state index contributed by atoms with van der Waals surface area (Å²) in [6.45, 7) is 13.4. The molecular formula is C45H39ClN2O2. The van der Waals surface area contributed by atoms with Crippen LogP contribution in [0.3, 0.4) is 0 Å². The van der Waals surface area contributed by atoms with Gasteiger partial charge < -0.3 is 9.15 Å². The zero-order chi connectivity index (χ0) is 34.8. The van der Waals surface area contributed by atoms with Crippen LogP contribution in [0, 0.1) is 0 Å². The van der Waals surface area contributed by atoms with Crippen LogP contribution < -0.4 is 4.74 Å². The summed E-state index contributed by atoms with van der Waals surface area (Å²) in [6.07, 6.45) is 0. The van der Waals surface area contributed by atoms with Gasteiger partial charge in [-0.1, -0.05) is 120 Å². The number of benzene rings is 6. The lowest BCUT2D eigenvalue weighted by Crippen LogP contribution is -2.12. The van der Waals surface area contributed by atoms with E-state index >= 15 is 0 Å². The van der Waals surface area contributed by atoms with Crippen LogP contribution in [0.25, 0.3) is 61.2 Å². The van der Waals surface area contributed by atoms with Gasteiger partial charge in [0, 0.05) is 28.0 Å². The number of imidazole rings is 1. The van der Waals surface area contributed by atoms with E-state index in [1.54, 1.807) is 0 Å². The van der Waals surface area contributed by atoms with Gasteiger partial charge in [0.1, 0.15) is 22.9 Å². The number of fused-ring (bicyclic) bond motifs is 4. The molecule has 0 bridgehead atoms. The first-order chi connectivity index (χ1) is 23.9. The fourth-order valence-corrected chi connectivity index (χ4v) is 6.93. The van der Waals surface area contributed by atoms with Crippen LogP contribution in [0.5, 0.6) is 11.5 Å². The first-order valence-corrected chi connectivity index (χ1v) is 17.4. The average molecular weight is 675 g/mol. The van der Waals surface area contributed by atoms with E-state index in [9.17, 15) is 0 Å². The number of hydrogen-bond acceptors (Lipinski definition) is 3. The number of rotatable bonds is 5. The number of hydrogen-bond donors (Lipinski definition) is 0. The molecule has 8 aromatic rings. The SMILES string of the molecule is CC(C)(C)c1cc(Oc2cc(Cl)c3oc4ccccc4c3c2)cc(-c2nc3ccccc3n2-c2ccc(C(C)(C)C)cc2-c2ccccc2)c1. The minimum Gasteiger partial charge on any atom is -0.457 e. The second-order valence-corrected chi connectivity index (χ2v) is 15.5. The number of halogens is 1. The number of ether oxygens (including phenoxy) is 1. The van der Waals surface area contributed by atoms with E-state index in [0.29, 0.717) is 22.1 Å². The Kier molecular flexibility index (Phi) is 7.61. The Balaban J connectivity index is 1.34. The second-order valence-electron chi connectivity index (χ2n) is 15.1. The molecule has 0 N–H and O–H groups in total. The predicted octanol–water partition coefficient (Wildman–Crippen LogP) is 13.3. The van der Waals surface area contributed by atoms with Gasteiger partial charge in [-0.2, -0.15) is 0 Å². The maximum absolute atomic E-state index is 6.78. The molecule has 2 heterocycles. The van der Waals surface area contributed by atoms with Crippen molar-refractivity contribution in [2.75, 3.05) is 0 Å².